The maximum Gasteiger partial charge on any atom is 0.432 e. The monoisotopic (exact) mass is 713 g/mol. The summed E-state index contributed by atoms with van der Waals surface area (Å²) in [6.07, 6.45) is -9.98. The van der Waals surface area contributed by atoms with Crippen molar-refractivity contribution in [2.45, 2.75) is 71.6 Å². The van der Waals surface area contributed by atoms with Crippen LogP contribution in [0, 0.1) is 0 Å². The average molecular weight is 714 g/mol. The van der Waals surface area contributed by atoms with Crippen LogP contribution in [-0.4, -0.2) is 44.7 Å². The van der Waals surface area contributed by atoms with Gasteiger partial charge in [-0.15, -0.1) is 0 Å². The molecule has 6 nitrogen and oxygen atoms in total. The van der Waals surface area contributed by atoms with Crippen LogP contribution in [0.15, 0.2) is 118 Å². The van der Waals surface area contributed by atoms with Crippen molar-refractivity contribution in [2.24, 2.45) is 0 Å². The highest BCUT2D eigenvalue weighted by Crippen LogP contribution is 2.42. The van der Waals surface area contributed by atoms with Crippen LogP contribution in [0.1, 0.15) is 37.5 Å². The third-order valence-electron chi connectivity index (χ3n) is 6.83. The van der Waals surface area contributed by atoms with Gasteiger partial charge in [-0.05, 0) is 59.5 Å². The fourth-order valence-electron chi connectivity index (χ4n) is 4.52. The molecule has 0 aliphatic carbocycles. The lowest BCUT2D eigenvalue weighted by Crippen LogP contribution is -2.53. The lowest BCUT2D eigenvalue weighted by Gasteiger charge is -2.30. The van der Waals surface area contributed by atoms with E-state index in [2.05, 4.69) is 95.7 Å². The Hall–Kier alpha value is -3.49. The maximum absolute atomic E-state index is 13.9. The average Bonchev–Trinajstić information content (AvgIpc) is 3.01. The molecule has 260 valence electrons. The first-order chi connectivity index (χ1) is 22.4. The molecule has 1 unspecified atom stereocenters. The van der Waals surface area contributed by atoms with Gasteiger partial charge in [0.05, 0.1) is 24.1 Å². The van der Waals surface area contributed by atoms with Gasteiger partial charge < -0.3 is 14.2 Å². The van der Waals surface area contributed by atoms with Gasteiger partial charge in [0.1, 0.15) is 5.75 Å². The van der Waals surface area contributed by atoms with Gasteiger partial charge in [-0.25, -0.2) is 0 Å². The second-order valence-corrected chi connectivity index (χ2v) is 15.1. The quantitative estimate of drug-likeness (QED) is 0.0951. The molecule has 48 heavy (non-hydrogen) atoms. The molecule has 0 radical (unpaired) electrons. The molecule has 0 fully saturated rings. The minimum atomic E-state index is -6.43. The molecule has 0 saturated heterocycles. The molecule has 1 N–H and O–H groups in total. The van der Waals surface area contributed by atoms with E-state index in [-0.39, 0.29) is 35.2 Å². The molecule has 0 aliphatic heterocycles. The van der Waals surface area contributed by atoms with Gasteiger partial charge in [0.25, 0.3) is 6.10 Å². The highest BCUT2D eigenvalue weighted by molar-refractivity contribution is 7.97. The van der Waals surface area contributed by atoms with E-state index in [4.69, 9.17) is 14.0 Å². The second kappa shape index (κ2) is 16.3. The number of ether oxygens (including phenoxy) is 3. The standard InChI is InChI=1S/C18H15S.C17H23F5O6S/c1-4-10-16(11-5-1)19(17-12-6-2-7-13-17)18-14-8-3-9-15-18;1-15(2,3)12-6-10(8-26-4)13(11(7-12)9-27-5)28-14(16(18,19)20)17(21,22)29(23,24)25/h1-15H;6-7,14H,8-9H2,1-5H3,(H,23,24,25)/q+1;. The highest BCUT2D eigenvalue weighted by atomic mass is 32.2. The van der Waals surface area contributed by atoms with Crippen molar-refractivity contribution in [1.82, 2.24) is 0 Å². The van der Waals surface area contributed by atoms with Crippen molar-refractivity contribution >= 4 is 21.0 Å². The SMILES string of the molecule is COCc1cc(C(C)(C)C)cc(COC)c1OC(C(F)(F)F)C(F)(F)S(=O)(=O)O.c1ccc([S+](c2ccccc2)c2ccccc2)cc1. The van der Waals surface area contributed by atoms with Crippen molar-refractivity contribution in [2.75, 3.05) is 14.2 Å². The summed E-state index contributed by atoms with van der Waals surface area (Å²) < 4.78 is 113. The molecule has 0 aromatic heterocycles. The second-order valence-electron chi connectivity index (χ2n) is 11.6. The number of methoxy groups -OCH3 is 2. The summed E-state index contributed by atoms with van der Waals surface area (Å²) >= 11 is 0. The smallest absolute Gasteiger partial charge is 0.432 e. The first kappa shape index (κ1) is 39.0. The Morgan fingerprint density at radius 1 is 0.688 bits per heavy atom. The Morgan fingerprint density at radius 2 is 1.04 bits per heavy atom. The zero-order valence-electron chi connectivity index (χ0n) is 27.0. The Morgan fingerprint density at radius 3 is 1.31 bits per heavy atom. The zero-order valence-corrected chi connectivity index (χ0v) is 28.6. The molecule has 0 heterocycles. The van der Waals surface area contributed by atoms with Gasteiger partial charge in [0.2, 0.25) is 0 Å². The van der Waals surface area contributed by atoms with Crippen LogP contribution < -0.4 is 4.74 Å². The van der Waals surface area contributed by atoms with E-state index in [1.807, 2.05) is 20.8 Å². The van der Waals surface area contributed by atoms with Gasteiger partial charge in [-0.1, -0.05) is 75.4 Å². The Balaban J connectivity index is 0.000000281. The predicted octanol–water partition coefficient (Wildman–Crippen LogP) is 8.85. The summed E-state index contributed by atoms with van der Waals surface area (Å²) in [6, 6.07) is 35.0. The molecule has 0 spiro atoms. The molecule has 4 rings (SSSR count). The molecule has 0 amide bonds. The highest BCUT2D eigenvalue weighted by Gasteiger charge is 2.65. The van der Waals surface area contributed by atoms with Crippen LogP contribution in [0.3, 0.4) is 0 Å². The summed E-state index contributed by atoms with van der Waals surface area (Å²) in [7, 11) is -3.97. The summed E-state index contributed by atoms with van der Waals surface area (Å²) in [5.41, 5.74) is 0.125. The van der Waals surface area contributed by atoms with E-state index in [0.717, 1.165) is 0 Å². The minimum absolute atomic E-state index is 0.0146. The summed E-state index contributed by atoms with van der Waals surface area (Å²) in [5, 5.41) is -5.65. The Labute approximate surface area is 281 Å². The number of halogens is 5. The lowest BCUT2D eigenvalue weighted by molar-refractivity contribution is -0.239. The number of benzene rings is 4. The number of rotatable bonds is 11. The van der Waals surface area contributed by atoms with Gasteiger partial charge in [0.15, 0.2) is 14.7 Å². The van der Waals surface area contributed by atoms with Crippen LogP contribution in [0.2, 0.25) is 0 Å². The van der Waals surface area contributed by atoms with Crippen LogP contribution in [-0.2, 0) is 49.1 Å². The molecule has 0 saturated carbocycles. The zero-order chi connectivity index (χ0) is 35.8. The van der Waals surface area contributed by atoms with Crippen molar-refractivity contribution in [3.63, 3.8) is 0 Å². The fourth-order valence-corrected chi connectivity index (χ4v) is 7.08. The number of hydrogen-bond acceptors (Lipinski definition) is 5. The molecular formula is C35H38F5O6S2+. The number of alkyl halides is 5. The van der Waals surface area contributed by atoms with Gasteiger partial charge in [-0.3, -0.25) is 4.55 Å². The predicted molar refractivity (Wildman–Crippen MR) is 175 cm³/mol. The van der Waals surface area contributed by atoms with Crippen LogP contribution in [0.25, 0.3) is 0 Å². The molecule has 4 aromatic rings. The van der Waals surface area contributed by atoms with E-state index in [1.165, 1.54) is 41.0 Å². The maximum atomic E-state index is 13.9. The van der Waals surface area contributed by atoms with Crippen molar-refractivity contribution in [3.8, 4) is 5.75 Å². The molecule has 1 atom stereocenters. The van der Waals surface area contributed by atoms with E-state index in [9.17, 15) is 30.4 Å². The molecule has 13 heteroatoms. The van der Waals surface area contributed by atoms with Crippen LogP contribution in [0.4, 0.5) is 22.0 Å². The van der Waals surface area contributed by atoms with E-state index < -0.39 is 38.8 Å². The Kier molecular flexibility index (Phi) is 13.2. The summed E-state index contributed by atoms with van der Waals surface area (Å²) in [5.74, 6) is -0.660. The molecule has 0 aliphatic rings. The van der Waals surface area contributed by atoms with Gasteiger partial charge in [-0.2, -0.15) is 30.4 Å². The van der Waals surface area contributed by atoms with E-state index >= 15 is 0 Å². The molecule has 4 aromatic carbocycles. The van der Waals surface area contributed by atoms with Crippen molar-refractivity contribution < 1.29 is 49.1 Å². The Bertz CT molecular complexity index is 1580. The minimum Gasteiger partial charge on any atom is -0.472 e. The number of hydrogen-bond donors (Lipinski definition) is 1. The first-order valence-corrected chi connectivity index (χ1v) is 17.2. The third-order valence-corrected chi connectivity index (χ3v) is 9.96. The third kappa shape index (κ3) is 10.0. The van der Waals surface area contributed by atoms with Crippen molar-refractivity contribution in [1.29, 1.82) is 0 Å². The summed E-state index contributed by atoms with van der Waals surface area (Å²) in [4.78, 5) is 4.08. The lowest BCUT2D eigenvalue weighted by atomic mass is 9.84. The summed E-state index contributed by atoms with van der Waals surface area (Å²) in [6.45, 7) is 4.85. The topological polar surface area (TPSA) is 82.1 Å². The molecular weight excluding hydrogens is 676 g/mol. The van der Waals surface area contributed by atoms with E-state index in [0.29, 0.717) is 5.56 Å². The van der Waals surface area contributed by atoms with Gasteiger partial charge in [0, 0.05) is 25.3 Å². The van der Waals surface area contributed by atoms with Crippen LogP contribution in [0.5, 0.6) is 5.75 Å². The van der Waals surface area contributed by atoms with Crippen LogP contribution >= 0.6 is 0 Å². The normalized spacial score (nSPS) is 13.1. The van der Waals surface area contributed by atoms with Crippen molar-refractivity contribution in [3.05, 3.63) is 120 Å². The molecule has 0 bridgehead atoms. The van der Waals surface area contributed by atoms with Gasteiger partial charge >= 0.3 is 21.5 Å². The largest absolute Gasteiger partial charge is 0.472 e. The fraction of sp³-hybridized carbons (Fsp3) is 0.314. The van der Waals surface area contributed by atoms with E-state index in [1.54, 1.807) is 0 Å². The first-order valence-electron chi connectivity index (χ1n) is 14.5.